The minimum Gasteiger partial charge on any atom is -0.495 e. The van der Waals surface area contributed by atoms with E-state index >= 15 is 0 Å². The summed E-state index contributed by atoms with van der Waals surface area (Å²) in [6, 6.07) is 7.33. The normalized spacial score (nSPS) is 17.1. The summed E-state index contributed by atoms with van der Waals surface area (Å²) in [5.41, 5.74) is 11.6. The SMILES string of the molecule is CCc1nc2c(N)ncc(-c3ccc(N4CCC(N(C)CCN(C)C)CC4)c(OC)c3)c2nc1NC1CCOCC1. The summed E-state index contributed by atoms with van der Waals surface area (Å²) in [6.07, 6.45) is 6.74. The summed E-state index contributed by atoms with van der Waals surface area (Å²) in [7, 11) is 8.26. The number of nitrogens with zero attached hydrogens (tertiary/aromatic N) is 6. The fourth-order valence-corrected chi connectivity index (χ4v) is 5.90. The van der Waals surface area contributed by atoms with Crippen LogP contribution in [0.4, 0.5) is 17.3 Å². The Morgan fingerprint density at radius 3 is 2.49 bits per heavy atom. The zero-order valence-electron chi connectivity index (χ0n) is 25.3. The van der Waals surface area contributed by atoms with Crippen LogP contribution in [0.25, 0.3) is 22.2 Å². The second-order valence-corrected chi connectivity index (χ2v) is 11.5. The van der Waals surface area contributed by atoms with Gasteiger partial charge in [0.1, 0.15) is 22.6 Å². The number of nitrogens with one attached hydrogen (secondary N) is 1. The molecule has 0 aliphatic carbocycles. The van der Waals surface area contributed by atoms with Crippen molar-refractivity contribution in [3.63, 3.8) is 0 Å². The first-order chi connectivity index (χ1) is 19.9. The summed E-state index contributed by atoms with van der Waals surface area (Å²) in [4.78, 5) is 21.7. The van der Waals surface area contributed by atoms with Crippen molar-refractivity contribution in [1.29, 1.82) is 0 Å². The van der Waals surface area contributed by atoms with Crippen LogP contribution in [0.2, 0.25) is 0 Å². The average molecular weight is 563 g/mol. The van der Waals surface area contributed by atoms with E-state index in [2.05, 4.69) is 71.3 Å². The molecule has 222 valence electrons. The maximum Gasteiger partial charge on any atom is 0.151 e. The van der Waals surface area contributed by atoms with Crippen LogP contribution in [0, 0.1) is 0 Å². The van der Waals surface area contributed by atoms with Crippen LogP contribution in [0.5, 0.6) is 5.75 Å². The Morgan fingerprint density at radius 1 is 1.05 bits per heavy atom. The van der Waals surface area contributed by atoms with E-state index in [-0.39, 0.29) is 0 Å². The molecule has 10 nitrogen and oxygen atoms in total. The fraction of sp³-hybridized carbons (Fsp3) is 0.581. The molecule has 10 heteroatoms. The quantitative estimate of drug-likeness (QED) is 0.378. The summed E-state index contributed by atoms with van der Waals surface area (Å²) in [5, 5.41) is 3.64. The molecular weight excluding hydrogens is 516 g/mol. The van der Waals surface area contributed by atoms with Crippen LogP contribution in [0.3, 0.4) is 0 Å². The number of pyridine rings is 1. The van der Waals surface area contributed by atoms with Crippen LogP contribution in [0.1, 0.15) is 38.3 Å². The number of likely N-dealkylation sites (N-methyl/N-ethyl adjacent to an activating group) is 2. The number of ether oxygens (including phenoxy) is 2. The molecule has 0 radical (unpaired) electrons. The molecule has 2 saturated heterocycles. The molecule has 0 unspecified atom stereocenters. The molecular formula is C31H46N8O2. The third kappa shape index (κ3) is 6.66. The molecule has 0 spiro atoms. The minimum atomic E-state index is 0.319. The number of nitrogen functional groups attached to an aromatic ring is 1. The molecule has 2 aliphatic rings. The molecule has 3 aromatic rings. The molecule has 2 fully saturated rings. The van der Waals surface area contributed by atoms with Gasteiger partial charge >= 0.3 is 0 Å². The van der Waals surface area contributed by atoms with Crippen LogP contribution >= 0.6 is 0 Å². The zero-order valence-corrected chi connectivity index (χ0v) is 25.3. The number of methoxy groups -OCH3 is 1. The molecule has 2 aliphatic heterocycles. The Morgan fingerprint density at radius 2 is 1.80 bits per heavy atom. The Bertz CT molecular complexity index is 1320. The third-order valence-electron chi connectivity index (χ3n) is 8.51. The summed E-state index contributed by atoms with van der Waals surface area (Å²) >= 11 is 0. The standard InChI is InChI=1S/C31H46N8O2/c1-6-25-31(34-22-11-17-41-18-12-22)36-28-24(20-33-30(32)29(28)35-25)21-7-8-26(27(19-21)40-5)39-13-9-23(10-14-39)38(4)16-15-37(2)3/h7-8,19-20,22-23H,6,9-18H2,1-5H3,(H2,32,33)(H,34,36). The van der Waals surface area contributed by atoms with Crippen molar-refractivity contribution in [3.8, 4) is 16.9 Å². The number of fused-ring (bicyclic) bond motifs is 1. The molecule has 2 aromatic heterocycles. The van der Waals surface area contributed by atoms with Crippen molar-refractivity contribution in [1.82, 2.24) is 24.8 Å². The highest BCUT2D eigenvalue weighted by Gasteiger charge is 2.25. The number of aryl methyl sites for hydroxylation is 1. The van der Waals surface area contributed by atoms with Gasteiger partial charge in [-0.3, -0.25) is 0 Å². The predicted molar refractivity (Wildman–Crippen MR) is 167 cm³/mol. The van der Waals surface area contributed by atoms with Crippen LogP contribution in [-0.4, -0.2) is 104 Å². The molecule has 1 aromatic carbocycles. The van der Waals surface area contributed by atoms with Crippen LogP contribution in [0.15, 0.2) is 24.4 Å². The minimum absolute atomic E-state index is 0.319. The molecule has 0 bridgehead atoms. The topological polar surface area (TPSA) is 105 Å². The second-order valence-electron chi connectivity index (χ2n) is 11.5. The number of hydrogen-bond donors (Lipinski definition) is 2. The third-order valence-corrected chi connectivity index (χ3v) is 8.51. The van der Waals surface area contributed by atoms with Gasteiger partial charge in [0.05, 0.1) is 18.5 Å². The first-order valence-electron chi connectivity index (χ1n) is 15.0. The van der Waals surface area contributed by atoms with Crippen molar-refractivity contribution >= 4 is 28.4 Å². The Hall–Kier alpha value is -3.21. The molecule has 4 heterocycles. The zero-order chi connectivity index (χ0) is 28.9. The summed E-state index contributed by atoms with van der Waals surface area (Å²) < 4.78 is 11.5. The van der Waals surface area contributed by atoms with Crippen molar-refractivity contribution in [2.75, 3.05) is 83.6 Å². The highest BCUT2D eigenvalue weighted by molar-refractivity contribution is 5.97. The van der Waals surface area contributed by atoms with Gasteiger partial charge in [0, 0.05) is 63.2 Å². The van der Waals surface area contributed by atoms with Gasteiger partial charge < -0.3 is 35.2 Å². The van der Waals surface area contributed by atoms with Gasteiger partial charge in [-0.1, -0.05) is 13.0 Å². The van der Waals surface area contributed by atoms with E-state index in [1.54, 1.807) is 13.3 Å². The van der Waals surface area contributed by atoms with E-state index in [4.69, 9.17) is 25.2 Å². The van der Waals surface area contributed by atoms with Crippen LogP contribution < -0.4 is 20.7 Å². The van der Waals surface area contributed by atoms with Crippen molar-refractivity contribution < 1.29 is 9.47 Å². The van der Waals surface area contributed by atoms with Gasteiger partial charge in [-0.05, 0) is 70.9 Å². The highest BCUT2D eigenvalue weighted by Crippen LogP contribution is 2.37. The van der Waals surface area contributed by atoms with Gasteiger partial charge in [0.15, 0.2) is 5.82 Å². The number of aromatic nitrogens is 3. The second kappa shape index (κ2) is 13.2. The average Bonchev–Trinajstić information content (AvgIpc) is 3.00. The van der Waals surface area contributed by atoms with E-state index in [1.165, 1.54) is 0 Å². The lowest BCUT2D eigenvalue weighted by molar-refractivity contribution is 0.0903. The van der Waals surface area contributed by atoms with Gasteiger partial charge in [-0.25, -0.2) is 15.0 Å². The summed E-state index contributed by atoms with van der Waals surface area (Å²) in [6.45, 7) is 7.80. The predicted octanol–water partition coefficient (Wildman–Crippen LogP) is 3.90. The maximum atomic E-state index is 6.32. The van der Waals surface area contributed by atoms with Crippen molar-refractivity contribution in [2.24, 2.45) is 0 Å². The van der Waals surface area contributed by atoms with Gasteiger partial charge in [-0.2, -0.15) is 0 Å². The van der Waals surface area contributed by atoms with E-state index in [9.17, 15) is 0 Å². The van der Waals surface area contributed by atoms with Crippen molar-refractivity contribution in [2.45, 2.75) is 51.1 Å². The molecule has 0 saturated carbocycles. The smallest absolute Gasteiger partial charge is 0.151 e. The van der Waals surface area contributed by atoms with E-state index in [0.29, 0.717) is 23.4 Å². The number of hydrogen-bond acceptors (Lipinski definition) is 10. The van der Waals surface area contributed by atoms with Crippen LogP contribution in [-0.2, 0) is 11.2 Å². The Labute approximate surface area is 244 Å². The van der Waals surface area contributed by atoms with Gasteiger partial charge in [-0.15, -0.1) is 0 Å². The number of anilines is 3. The lowest BCUT2D eigenvalue weighted by Gasteiger charge is -2.38. The summed E-state index contributed by atoms with van der Waals surface area (Å²) in [5.74, 6) is 2.07. The Kier molecular flexibility index (Phi) is 9.42. The highest BCUT2D eigenvalue weighted by atomic mass is 16.5. The molecule has 0 amide bonds. The monoisotopic (exact) mass is 562 g/mol. The first-order valence-corrected chi connectivity index (χ1v) is 15.0. The molecule has 3 N–H and O–H groups in total. The van der Waals surface area contributed by atoms with E-state index in [0.717, 1.165) is 111 Å². The number of nitrogens with two attached hydrogens (primary N) is 1. The lowest BCUT2D eigenvalue weighted by Crippen LogP contribution is -2.45. The first kappa shape index (κ1) is 29.3. The number of piperidine rings is 1. The fourth-order valence-electron chi connectivity index (χ4n) is 5.90. The van der Waals surface area contributed by atoms with E-state index in [1.807, 2.05) is 0 Å². The molecule has 5 rings (SSSR count). The largest absolute Gasteiger partial charge is 0.495 e. The number of benzene rings is 1. The number of rotatable bonds is 10. The van der Waals surface area contributed by atoms with Crippen molar-refractivity contribution in [3.05, 3.63) is 30.1 Å². The lowest BCUT2D eigenvalue weighted by atomic mass is 10.0. The Balaban J connectivity index is 1.40. The molecule has 41 heavy (non-hydrogen) atoms. The maximum absolute atomic E-state index is 6.32. The van der Waals surface area contributed by atoms with Gasteiger partial charge in [0.25, 0.3) is 0 Å². The molecule has 0 atom stereocenters. The van der Waals surface area contributed by atoms with Gasteiger partial charge in [0.2, 0.25) is 0 Å². The van der Waals surface area contributed by atoms with E-state index < -0.39 is 0 Å².